The van der Waals surface area contributed by atoms with E-state index in [9.17, 15) is 9.59 Å². The first-order chi connectivity index (χ1) is 9.00. The van der Waals surface area contributed by atoms with Gasteiger partial charge in [0.25, 0.3) is 0 Å². The number of aliphatic carboxylic acids is 1. The van der Waals surface area contributed by atoms with E-state index in [2.05, 4.69) is 5.32 Å². The quantitative estimate of drug-likeness (QED) is 0.804. The van der Waals surface area contributed by atoms with Crippen molar-refractivity contribution in [3.63, 3.8) is 0 Å². The van der Waals surface area contributed by atoms with E-state index in [1.54, 1.807) is 0 Å². The fourth-order valence-electron chi connectivity index (χ4n) is 3.38. The molecular weight excluding hydrogens is 244 g/mol. The van der Waals surface area contributed by atoms with Crippen LogP contribution >= 0.6 is 0 Å². The number of carbonyl (C=O) groups is 2. The Morgan fingerprint density at radius 1 is 1.26 bits per heavy atom. The lowest BCUT2D eigenvalue weighted by Gasteiger charge is -2.29. The van der Waals surface area contributed by atoms with Gasteiger partial charge in [-0.1, -0.05) is 12.8 Å². The minimum Gasteiger partial charge on any atom is -0.481 e. The second-order valence-corrected chi connectivity index (χ2v) is 5.88. The maximum Gasteiger partial charge on any atom is 0.308 e. The van der Waals surface area contributed by atoms with E-state index >= 15 is 0 Å². The molecule has 0 bridgehead atoms. The molecule has 1 amide bonds. The summed E-state index contributed by atoms with van der Waals surface area (Å²) in [6.45, 7) is 4.48. The molecule has 108 valence electrons. The molecule has 0 aromatic carbocycles. The summed E-state index contributed by atoms with van der Waals surface area (Å²) < 4.78 is 0. The molecule has 1 aliphatic heterocycles. The van der Waals surface area contributed by atoms with Crippen molar-refractivity contribution >= 4 is 11.9 Å². The minimum absolute atomic E-state index is 0.0461. The van der Waals surface area contributed by atoms with Crippen molar-refractivity contribution in [3.8, 4) is 0 Å². The predicted molar refractivity (Wildman–Crippen MR) is 71.8 cm³/mol. The van der Waals surface area contributed by atoms with E-state index in [0.717, 1.165) is 12.8 Å². The summed E-state index contributed by atoms with van der Waals surface area (Å²) >= 11 is 0. The van der Waals surface area contributed by atoms with Crippen LogP contribution in [0.5, 0.6) is 0 Å². The predicted octanol–water partition coefficient (Wildman–Crippen LogP) is 1.23. The average Bonchev–Trinajstić information content (AvgIpc) is 2.97. The van der Waals surface area contributed by atoms with Crippen molar-refractivity contribution in [1.29, 1.82) is 0 Å². The first-order valence-corrected chi connectivity index (χ1v) is 7.29. The molecule has 1 aliphatic carbocycles. The molecule has 2 fully saturated rings. The van der Waals surface area contributed by atoms with E-state index in [1.165, 1.54) is 12.8 Å². The molecule has 0 aromatic rings. The van der Waals surface area contributed by atoms with Crippen molar-refractivity contribution in [1.82, 2.24) is 10.2 Å². The van der Waals surface area contributed by atoms with Gasteiger partial charge >= 0.3 is 5.97 Å². The second kappa shape index (κ2) is 5.90. The third-order valence-corrected chi connectivity index (χ3v) is 4.70. The number of carboxylic acid groups (broad SMARTS) is 1. The number of amides is 1. The number of likely N-dealkylation sites (tertiary alicyclic amines) is 1. The van der Waals surface area contributed by atoms with Crippen LogP contribution in [0.15, 0.2) is 0 Å². The average molecular weight is 268 g/mol. The fraction of sp³-hybridized carbons (Fsp3) is 0.857. The van der Waals surface area contributed by atoms with E-state index < -0.39 is 5.97 Å². The maximum atomic E-state index is 12.2. The number of rotatable bonds is 4. The zero-order chi connectivity index (χ0) is 14.0. The topological polar surface area (TPSA) is 69.6 Å². The van der Waals surface area contributed by atoms with Gasteiger partial charge in [0, 0.05) is 18.6 Å². The smallest absolute Gasteiger partial charge is 0.308 e. The first-order valence-electron chi connectivity index (χ1n) is 7.29. The van der Waals surface area contributed by atoms with Gasteiger partial charge in [-0.25, -0.2) is 0 Å². The molecule has 2 N–H and O–H groups in total. The molecule has 5 nitrogen and oxygen atoms in total. The van der Waals surface area contributed by atoms with Crippen LogP contribution in [0.4, 0.5) is 0 Å². The van der Waals surface area contributed by atoms with Crippen LogP contribution in [0.25, 0.3) is 0 Å². The van der Waals surface area contributed by atoms with Crippen LogP contribution in [-0.4, -0.2) is 46.6 Å². The molecule has 1 saturated heterocycles. The molecular formula is C14H24N2O3. The van der Waals surface area contributed by atoms with Crippen LogP contribution in [0, 0.1) is 5.92 Å². The zero-order valence-corrected chi connectivity index (χ0v) is 11.8. The van der Waals surface area contributed by atoms with Crippen LogP contribution in [0.3, 0.4) is 0 Å². The molecule has 0 spiro atoms. The second-order valence-electron chi connectivity index (χ2n) is 5.88. The van der Waals surface area contributed by atoms with Crippen LogP contribution in [0.1, 0.15) is 46.0 Å². The zero-order valence-electron chi connectivity index (χ0n) is 11.8. The molecule has 2 aliphatic rings. The van der Waals surface area contributed by atoms with Crippen molar-refractivity contribution in [2.24, 2.45) is 5.92 Å². The lowest BCUT2D eigenvalue weighted by Crippen LogP contribution is -2.49. The third-order valence-electron chi connectivity index (χ3n) is 4.70. The van der Waals surface area contributed by atoms with Gasteiger partial charge < -0.3 is 10.4 Å². The maximum absolute atomic E-state index is 12.2. The lowest BCUT2D eigenvalue weighted by molar-refractivity contribution is -0.143. The Bertz CT molecular complexity index is 353. The van der Waals surface area contributed by atoms with Gasteiger partial charge in [-0.2, -0.15) is 0 Å². The number of nitrogens with zero attached hydrogens (tertiary/aromatic N) is 1. The molecule has 0 aromatic heterocycles. The van der Waals surface area contributed by atoms with E-state index in [1.807, 2.05) is 18.7 Å². The molecule has 5 heteroatoms. The Labute approximate surface area is 114 Å². The summed E-state index contributed by atoms with van der Waals surface area (Å²) in [5, 5.41) is 12.2. The van der Waals surface area contributed by atoms with Crippen molar-refractivity contribution in [2.75, 3.05) is 6.54 Å². The van der Waals surface area contributed by atoms with E-state index in [4.69, 9.17) is 5.11 Å². The van der Waals surface area contributed by atoms with Crippen LogP contribution in [-0.2, 0) is 9.59 Å². The van der Waals surface area contributed by atoms with Gasteiger partial charge in [0.1, 0.15) is 0 Å². The summed E-state index contributed by atoms with van der Waals surface area (Å²) in [7, 11) is 0. The van der Waals surface area contributed by atoms with Gasteiger partial charge in [-0.3, -0.25) is 14.5 Å². The van der Waals surface area contributed by atoms with Crippen LogP contribution in [0.2, 0.25) is 0 Å². The van der Waals surface area contributed by atoms with E-state index in [0.29, 0.717) is 19.0 Å². The summed E-state index contributed by atoms with van der Waals surface area (Å²) in [6.07, 6.45) is 5.18. The number of nitrogens with one attached hydrogen (secondary N) is 1. The monoisotopic (exact) mass is 268 g/mol. The minimum atomic E-state index is -0.751. The Balaban J connectivity index is 1.90. The van der Waals surface area contributed by atoms with Gasteiger partial charge in [0.2, 0.25) is 5.91 Å². The highest BCUT2D eigenvalue weighted by molar-refractivity contribution is 5.82. The summed E-state index contributed by atoms with van der Waals surface area (Å²) in [6, 6.07) is 0.0184. The summed E-state index contributed by atoms with van der Waals surface area (Å²) in [4.78, 5) is 25.3. The number of hydrogen-bond acceptors (Lipinski definition) is 3. The Kier molecular flexibility index (Phi) is 4.45. The normalized spacial score (nSPS) is 30.4. The highest BCUT2D eigenvalue weighted by atomic mass is 16.4. The Morgan fingerprint density at radius 3 is 2.42 bits per heavy atom. The summed E-state index contributed by atoms with van der Waals surface area (Å²) in [5.74, 6) is -1.05. The Hall–Kier alpha value is -1.10. The van der Waals surface area contributed by atoms with E-state index in [-0.39, 0.29) is 23.9 Å². The molecule has 1 saturated carbocycles. The molecule has 19 heavy (non-hydrogen) atoms. The molecule has 3 unspecified atom stereocenters. The first kappa shape index (κ1) is 14.3. The molecule has 0 radical (unpaired) electrons. The SMILES string of the molecule is CC(C(=O)NC1CCCC1)N1CCC(C(=O)O)C1C. The molecule has 2 rings (SSSR count). The standard InChI is InChI=1S/C14H24N2O3/c1-9-12(14(18)19)7-8-16(9)10(2)13(17)15-11-5-3-4-6-11/h9-12H,3-8H2,1-2H3,(H,15,17)(H,18,19). The van der Waals surface area contributed by atoms with Gasteiger partial charge in [-0.15, -0.1) is 0 Å². The Morgan fingerprint density at radius 2 is 1.89 bits per heavy atom. The molecule has 3 atom stereocenters. The fourth-order valence-corrected chi connectivity index (χ4v) is 3.38. The third kappa shape index (κ3) is 3.08. The highest BCUT2D eigenvalue weighted by Gasteiger charge is 2.39. The van der Waals surface area contributed by atoms with Gasteiger partial charge in [0.15, 0.2) is 0 Å². The number of hydrogen-bond donors (Lipinski definition) is 2. The molecule has 1 heterocycles. The van der Waals surface area contributed by atoms with Gasteiger partial charge in [0.05, 0.1) is 12.0 Å². The largest absolute Gasteiger partial charge is 0.481 e. The number of carboxylic acids is 1. The number of carbonyl (C=O) groups excluding carboxylic acids is 1. The van der Waals surface area contributed by atoms with Gasteiger partial charge in [-0.05, 0) is 33.1 Å². The highest BCUT2D eigenvalue weighted by Crippen LogP contribution is 2.26. The van der Waals surface area contributed by atoms with Crippen molar-refractivity contribution in [3.05, 3.63) is 0 Å². The lowest BCUT2D eigenvalue weighted by atomic mass is 10.0. The summed E-state index contributed by atoms with van der Waals surface area (Å²) in [5.41, 5.74) is 0. The van der Waals surface area contributed by atoms with Crippen LogP contribution < -0.4 is 5.32 Å². The van der Waals surface area contributed by atoms with Crippen molar-refractivity contribution in [2.45, 2.75) is 64.1 Å². The van der Waals surface area contributed by atoms with Crippen molar-refractivity contribution < 1.29 is 14.7 Å².